The van der Waals surface area contributed by atoms with Crippen molar-refractivity contribution in [2.75, 3.05) is 0 Å². The molecule has 0 aliphatic rings. The van der Waals surface area contributed by atoms with Gasteiger partial charge >= 0.3 is 11.9 Å². The lowest BCUT2D eigenvalue weighted by molar-refractivity contribution is -0.159. The van der Waals surface area contributed by atoms with Gasteiger partial charge in [0.15, 0.2) is 0 Å². The SMILES string of the molecule is CCCCCCCC(=O)OC(=O)CCCCCCC.N.N. The van der Waals surface area contributed by atoms with E-state index in [2.05, 4.69) is 13.8 Å². The smallest absolute Gasteiger partial charge is 0.313 e. The van der Waals surface area contributed by atoms with Gasteiger partial charge in [0.05, 0.1) is 0 Å². The van der Waals surface area contributed by atoms with Crippen LogP contribution in [0.5, 0.6) is 0 Å². The van der Waals surface area contributed by atoms with Crippen molar-refractivity contribution in [1.82, 2.24) is 12.3 Å². The summed E-state index contributed by atoms with van der Waals surface area (Å²) in [5.74, 6) is -0.704. The molecule has 0 heterocycles. The van der Waals surface area contributed by atoms with Crippen molar-refractivity contribution in [2.45, 2.75) is 90.9 Å². The van der Waals surface area contributed by atoms with Crippen LogP contribution in [0.15, 0.2) is 0 Å². The van der Waals surface area contributed by atoms with Crippen molar-refractivity contribution in [3.05, 3.63) is 0 Å². The van der Waals surface area contributed by atoms with Gasteiger partial charge in [-0.05, 0) is 12.8 Å². The fraction of sp³-hybridized carbons (Fsp3) is 0.875. The van der Waals surface area contributed by atoms with Crippen molar-refractivity contribution in [3.63, 3.8) is 0 Å². The molecule has 0 bridgehead atoms. The summed E-state index contributed by atoms with van der Waals surface area (Å²) in [5.41, 5.74) is 0. The minimum absolute atomic E-state index is 0. The van der Waals surface area contributed by atoms with Crippen LogP contribution in [0.3, 0.4) is 0 Å². The summed E-state index contributed by atoms with van der Waals surface area (Å²) in [7, 11) is 0. The molecule has 0 unspecified atom stereocenters. The highest BCUT2D eigenvalue weighted by molar-refractivity contribution is 5.85. The molecule has 0 aliphatic heterocycles. The van der Waals surface area contributed by atoms with Gasteiger partial charge in [-0.15, -0.1) is 0 Å². The lowest BCUT2D eigenvalue weighted by atomic mass is 10.1. The Labute approximate surface area is 130 Å². The molecule has 0 amide bonds. The Bertz CT molecular complexity index is 222. The van der Waals surface area contributed by atoms with Crippen LogP contribution in [0.25, 0.3) is 0 Å². The predicted octanol–water partition coefficient (Wildman–Crippen LogP) is 5.10. The van der Waals surface area contributed by atoms with E-state index in [1.54, 1.807) is 0 Å². The van der Waals surface area contributed by atoms with Crippen LogP contribution >= 0.6 is 0 Å². The second-order valence-corrected chi connectivity index (χ2v) is 5.17. The van der Waals surface area contributed by atoms with Gasteiger partial charge in [-0.3, -0.25) is 9.59 Å². The topological polar surface area (TPSA) is 113 Å². The highest BCUT2D eigenvalue weighted by atomic mass is 16.6. The molecular formula is C16H36N2O3. The predicted molar refractivity (Wildman–Crippen MR) is 87.9 cm³/mol. The van der Waals surface area contributed by atoms with Gasteiger partial charge in [-0.2, -0.15) is 0 Å². The van der Waals surface area contributed by atoms with E-state index in [-0.39, 0.29) is 24.2 Å². The number of ether oxygens (including phenoxy) is 1. The van der Waals surface area contributed by atoms with Crippen LogP contribution in [0.4, 0.5) is 0 Å². The average Bonchev–Trinajstić information content (AvgIpc) is 2.38. The first-order valence-electron chi connectivity index (χ1n) is 7.94. The van der Waals surface area contributed by atoms with Crippen molar-refractivity contribution in [2.24, 2.45) is 0 Å². The molecule has 0 aromatic rings. The van der Waals surface area contributed by atoms with Crippen LogP contribution in [-0.4, -0.2) is 11.9 Å². The van der Waals surface area contributed by atoms with Gasteiger partial charge in [0, 0.05) is 12.8 Å². The van der Waals surface area contributed by atoms with Gasteiger partial charge in [-0.1, -0.05) is 65.2 Å². The van der Waals surface area contributed by atoms with Gasteiger partial charge in [0.2, 0.25) is 0 Å². The monoisotopic (exact) mass is 304 g/mol. The molecule has 5 nitrogen and oxygen atoms in total. The third kappa shape index (κ3) is 19.1. The maximum Gasteiger partial charge on any atom is 0.313 e. The van der Waals surface area contributed by atoms with Crippen LogP contribution < -0.4 is 12.3 Å². The first kappa shape index (κ1) is 25.0. The third-order valence-electron chi connectivity index (χ3n) is 3.20. The number of carbonyl (C=O) groups excluding carboxylic acids is 2. The number of esters is 2. The van der Waals surface area contributed by atoms with Gasteiger partial charge in [0.1, 0.15) is 0 Å². The first-order chi connectivity index (χ1) is 9.20. The van der Waals surface area contributed by atoms with Crippen molar-refractivity contribution >= 4 is 11.9 Å². The Hall–Kier alpha value is -0.940. The molecule has 0 rings (SSSR count). The van der Waals surface area contributed by atoms with Crippen LogP contribution in [0, 0.1) is 0 Å². The van der Waals surface area contributed by atoms with E-state index in [4.69, 9.17) is 4.74 Å². The molecule has 0 aliphatic carbocycles. The molecule has 0 aromatic carbocycles. The maximum atomic E-state index is 11.4. The Morgan fingerprint density at radius 1 is 0.619 bits per heavy atom. The molecule has 0 fully saturated rings. The Morgan fingerprint density at radius 3 is 1.29 bits per heavy atom. The van der Waals surface area contributed by atoms with E-state index in [1.807, 2.05) is 0 Å². The van der Waals surface area contributed by atoms with E-state index < -0.39 is 0 Å². The van der Waals surface area contributed by atoms with Gasteiger partial charge in [-0.25, -0.2) is 0 Å². The molecule has 0 atom stereocenters. The maximum absolute atomic E-state index is 11.4. The van der Waals surface area contributed by atoms with E-state index in [1.165, 1.54) is 25.7 Å². The molecule has 0 saturated carbocycles. The number of carbonyl (C=O) groups is 2. The highest BCUT2D eigenvalue weighted by Gasteiger charge is 2.09. The molecule has 6 N–H and O–H groups in total. The standard InChI is InChI=1S/C16H30O3.2H3N/c1-3-5-7-9-11-13-15(17)19-16(18)14-12-10-8-6-4-2;;/h3-14H2,1-2H3;2*1H3. The molecule has 128 valence electrons. The summed E-state index contributed by atoms with van der Waals surface area (Å²) >= 11 is 0. The third-order valence-corrected chi connectivity index (χ3v) is 3.20. The summed E-state index contributed by atoms with van der Waals surface area (Å²) in [4.78, 5) is 22.8. The van der Waals surface area contributed by atoms with E-state index >= 15 is 0 Å². The second kappa shape index (κ2) is 19.1. The lowest BCUT2D eigenvalue weighted by Gasteiger charge is -2.03. The molecular weight excluding hydrogens is 268 g/mol. The van der Waals surface area contributed by atoms with E-state index in [0.29, 0.717) is 12.8 Å². The van der Waals surface area contributed by atoms with E-state index in [0.717, 1.165) is 38.5 Å². The molecule has 0 saturated heterocycles. The van der Waals surface area contributed by atoms with Crippen molar-refractivity contribution in [3.8, 4) is 0 Å². The van der Waals surface area contributed by atoms with Crippen LogP contribution in [-0.2, 0) is 14.3 Å². The Morgan fingerprint density at radius 2 is 0.952 bits per heavy atom. The summed E-state index contributed by atoms with van der Waals surface area (Å²) in [5, 5.41) is 0. The summed E-state index contributed by atoms with van der Waals surface area (Å²) in [6.45, 7) is 4.32. The fourth-order valence-electron chi connectivity index (χ4n) is 1.97. The van der Waals surface area contributed by atoms with Gasteiger partial charge in [0.25, 0.3) is 0 Å². The minimum Gasteiger partial charge on any atom is -0.393 e. The normalized spacial score (nSPS) is 9.43. The lowest BCUT2D eigenvalue weighted by Crippen LogP contribution is -2.11. The zero-order valence-electron chi connectivity index (χ0n) is 14.1. The largest absolute Gasteiger partial charge is 0.393 e. The minimum atomic E-state index is -0.352. The van der Waals surface area contributed by atoms with Gasteiger partial charge < -0.3 is 17.0 Å². The molecule has 5 heteroatoms. The quantitative estimate of drug-likeness (QED) is 0.296. The zero-order chi connectivity index (χ0) is 14.3. The zero-order valence-corrected chi connectivity index (χ0v) is 14.1. The molecule has 0 spiro atoms. The number of rotatable bonds is 12. The molecule has 21 heavy (non-hydrogen) atoms. The van der Waals surface area contributed by atoms with E-state index in [9.17, 15) is 9.59 Å². The van der Waals surface area contributed by atoms with Crippen molar-refractivity contribution < 1.29 is 14.3 Å². The Kier molecular flexibility index (Phi) is 22.7. The first-order valence-corrected chi connectivity index (χ1v) is 7.94. The number of hydrogen-bond donors (Lipinski definition) is 2. The molecule has 0 aromatic heterocycles. The molecule has 0 radical (unpaired) electrons. The summed E-state index contributed by atoms with van der Waals surface area (Å²) in [6, 6.07) is 0. The summed E-state index contributed by atoms with van der Waals surface area (Å²) < 4.78 is 4.79. The summed E-state index contributed by atoms with van der Waals surface area (Å²) in [6.07, 6.45) is 11.7. The number of hydrogen-bond acceptors (Lipinski definition) is 5. The van der Waals surface area contributed by atoms with Crippen molar-refractivity contribution in [1.29, 1.82) is 0 Å². The fourth-order valence-corrected chi connectivity index (χ4v) is 1.97. The average molecular weight is 304 g/mol. The van der Waals surface area contributed by atoms with Crippen LogP contribution in [0.2, 0.25) is 0 Å². The Balaban J connectivity index is -0.00000162. The second-order valence-electron chi connectivity index (χ2n) is 5.17. The number of unbranched alkanes of at least 4 members (excludes halogenated alkanes) is 8. The van der Waals surface area contributed by atoms with Crippen LogP contribution in [0.1, 0.15) is 90.9 Å². The highest BCUT2D eigenvalue weighted by Crippen LogP contribution is 2.08.